The number of nitrogens with one attached hydrogen (secondary N) is 1. The number of amides is 1. The van der Waals surface area contributed by atoms with Crippen LogP contribution in [-0.4, -0.2) is 42.5 Å². The van der Waals surface area contributed by atoms with Gasteiger partial charge in [0.25, 0.3) is 5.56 Å². The monoisotopic (exact) mass is 687 g/mol. The number of benzene rings is 3. The quantitative estimate of drug-likeness (QED) is 0.192. The molecule has 2 heterocycles. The minimum atomic E-state index is -0.721. The van der Waals surface area contributed by atoms with Crippen molar-refractivity contribution >= 4 is 45.1 Å². The Bertz CT molecular complexity index is 1930. The molecule has 0 aliphatic rings. The van der Waals surface area contributed by atoms with Crippen molar-refractivity contribution in [2.24, 2.45) is 0 Å². The molecular weight excluding hydrogens is 654 g/mol. The first-order chi connectivity index (χ1) is 21.5. The Hall–Kier alpha value is -4.42. The maximum absolute atomic E-state index is 13.7. The molecule has 12 heteroatoms. The van der Waals surface area contributed by atoms with E-state index in [4.69, 9.17) is 5.73 Å². The number of hydrogen-bond acceptors (Lipinski definition) is 7. The van der Waals surface area contributed by atoms with Gasteiger partial charge in [0.05, 0.1) is 12.3 Å². The Kier molecular flexibility index (Phi) is 9.45. The molecule has 3 aromatic carbocycles. The highest BCUT2D eigenvalue weighted by Crippen LogP contribution is 2.31. The molecule has 5 rings (SSSR count). The molecule has 0 bridgehead atoms. The molecule has 0 fully saturated rings. The molecule has 1 amide bonds. The number of carbonyl (C=O) groups is 1. The Balaban J connectivity index is 1.46. The summed E-state index contributed by atoms with van der Waals surface area (Å²) in [7, 11) is 0. The number of halogens is 1. The molecule has 0 saturated carbocycles. The number of H-pyrrole nitrogens is 1. The van der Waals surface area contributed by atoms with Gasteiger partial charge in [0.1, 0.15) is 5.82 Å². The predicted molar refractivity (Wildman–Crippen MR) is 183 cm³/mol. The van der Waals surface area contributed by atoms with Gasteiger partial charge in [0.2, 0.25) is 5.91 Å². The summed E-state index contributed by atoms with van der Waals surface area (Å²) >= 11 is 4.70. The standard InChI is InChI=1S/C33H34BrN7O3S/c1-5-39(27-28(35)40(31(44)36-30(27)43)19-21-9-7-6-8-10-21)26(42)20-45-32-38-37-29(41(32)25-17-15-24(34)16-18-25)22-11-13-23(14-12-22)33(2,3)4/h6-18H,5,19-20,35H2,1-4H3,(H,36,43,44). The molecular formula is C33H34BrN7O3S. The van der Waals surface area contributed by atoms with E-state index in [-0.39, 0.29) is 41.7 Å². The van der Waals surface area contributed by atoms with E-state index >= 15 is 0 Å². The Morgan fingerprint density at radius 2 is 1.64 bits per heavy atom. The van der Waals surface area contributed by atoms with E-state index in [1.807, 2.05) is 71.3 Å². The van der Waals surface area contributed by atoms with Gasteiger partial charge >= 0.3 is 5.69 Å². The molecule has 0 atom stereocenters. The van der Waals surface area contributed by atoms with Crippen LogP contribution in [0.5, 0.6) is 0 Å². The number of rotatable bonds is 9. The van der Waals surface area contributed by atoms with Crippen LogP contribution in [0.25, 0.3) is 17.1 Å². The lowest BCUT2D eigenvalue weighted by Gasteiger charge is -2.23. The Labute approximate surface area is 273 Å². The third-order valence-electron chi connectivity index (χ3n) is 7.34. The predicted octanol–water partition coefficient (Wildman–Crippen LogP) is 5.62. The average molecular weight is 689 g/mol. The van der Waals surface area contributed by atoms with Crippen LogP contribution in [-0.2, 0) is 16.8 Å². The van der Waals surface area contributed by atoms with Gasteiger partial charge in [-0.1, -0.05) is 103 Å². The van der Waals surface area contributed by atoms with Crippen molar-refractivity contribution in [2.75, 3.05) is 22.9 Å². The highest BCUT2D eigenvalue weighted by molar-refractivity contribution is 9.10. The van der Waals surface area contributed by atoms with E-state index in [1.54, 1.807) is 6.92 Å². The van der Waals surface area contributed by atoms with Crippen LogP contribution in [0.2, 0.25) is 0 Å². The fourth-order valence-electron chi connectivity index (χ4n) is 4.92. The summed E-state index contributed by atoms with van der Waals surface area (Å²) in [5.41, 5.74) is 8.69. The van der Waals surface area contributed by atoms with Gasteiger partial charge in [-0.3, -0.25) is 23.7 Å². The normalized spacial score (nSPS) is 11.5. The van der Waals surface area contributed by atoms with Crippen molar-refractivity contribution in [2.45, 2.75) is 44.8 Å². The third kappa shape index (κ3) is 6.97. The molecule has 0 radical (unpaired) electrons. The van der Waals surface area contributed by atoms with E-state index in [0.29, 0.717) is 11.0 Å². The van der Waals surface area contributed by atoms with E-state index in [9.17, 15) is 14.4 Å². The summed E-state index contributed by atoms with van der Waals surface area (Å²) in [6, 6.07) is 25.2. The van der Waals surface area contributed by atoms with Crippen LogP contribution in [0.1, 0.15) is 38.8 Å². The molecule has 0 unspecified atom stereocenters. The summed E-state index contributed by atoms with van der Waals surface area (Å²) in [6.45, 7) is 8.55. The van der Waals surface area contributed by atoms with Crippen LogP contribution >= 0.6 is 27.7 Å². The van der Waals surface area contributed by atoms with E-state index in [1.165, 1.54) is 26.8 Å². The van der Waals surface area contributed by atoms with Gasteiger partial charge in [-0.2, -0.15) is 0 Å². The number of nitrogen functional groups attached to an aromatic ring is 1. The molecule has 0 aliphatic heterocycles. The zero-order valence-corrected chi connectivity index (χ0v) is 27.9. The maximum Gasteiger partial charge on any atom is 0.330 e. The second-order valence-electron chi connectivity index (χ2n) is 11.4. The first-order valence-corrected chi connectivity index (χ1v) is 16.2. The van der Waals surface area contributed by atoms with Crippen LogP contribution in [0.3, 0.4) is 0 Å². The van der Waals surface area contributed by atoms with Crippen LogP contribution < -0.4 is 21.9 Å². The van der Waals surface area contributed by atoms with E-state index < -0.39 is 11.2 Å². The lowest BCUT2D eigenvalue weighted by atomic mass is 9.87. The van der Waals surface area contributed by atoms with Crippen LogP contribution in [0.15, 0.2) is 98.1 Å². The first-order valence-electron chi connectivity index (χ1n) is 14.4. The summed E-state index contributed by atoms with van der Waals surface area (Å²) in [4.78, 5) is 42.9. The molecule has 2 aromatic heterocycles. The Morgan fingerprint density at radius 1 is 0.978 bits per heavy atom. The number of nitrogens with zero attached hydrogens (tertiary/aromatic N) is 5. The number of aromatic nitrogens is 5. The molecule has 5 aromatic rings. The maximum atomic E-state index is 13.7. The van der Waals surface area contributed by atoms with E-state index in [2.05, 4.69) is 64.0 Å². The molecule has 3 N–H and O–H groups in total. The molecule has 45 heavy (non-hydrogen) atoms. The lowest BCUT2D eigenvalue weighted by molar-refractivity contribution is -0.116. The van der Waals surface area contributed by atoms with Gasteiger partial charge in [-0.05, 0) is 47.7 Å². The molecule has 10 nitrogen and oxygen atoms in total. The number of thioether (sulfide) groups is 1. The number of anilines is 2. The fraction of sp³-hybridized carbons (Fsp3) is 0.242. The molecule has 0 saturated heterocycles. The van der Waals surface area contributed by atoms with Gasteiger partial charge in [0, 0.05) is 22.3 Å². The molecule has 0 spiro atoms. The van der Waals surface area contributed by atoms with Crippen LogP contribution in [0, 0.1) is 0 Å². The largest absolute Gasteiger partial charge is 0.383 e. The molecule has 0 aliphatic carbocycles. The lowest BCUT2D eigenvalue weighted by Crippen LogP contribution is -2.41. The highest BCUT2D eigenvalue weighted by atomic mass is 79.9. The van der Waals surface area contributed by atoms with Crippen molar-refractivity contribution in [3.63, 3.8) is 0 Å². The minimum Gasteiger partial charge on any atom is -0.383 e. The van der Waals surface area contributed by atoms with Crippen molar-refractivity contribution < 1.29 is 4.79 Å². The minimum absolute atomic E-state index is 0.00434. The van der Waals surface area contributed by atoms with Crippen molar-refractivity contribution in [1.82, 2.24) is 24.3 Å². The van der Waals surface area contributed by atoms with E-state index in [0.717, 1.165) is 21.3 Å². The van der Waals surface area contributed by atoms with Gasteiger partial charge in [-0.25, -0.2) is 4.79 Å². The zero-order valence-electron chi connectivity index (χ0n) is 25.5. The highest BCUT2D eigenvalue weighted by Gasteiger charge is 2.25. The topological polar surface area (TPSA) is 132 Å². The second kappa shape index (κ2) is 13.3. The number of carbonyl (C=O) groups excluding carboxylic acids is 1. The van der Waals surface area contributed by atoms with Crippen molar-refractivity contribution in [3.05, 3.63) is 115 Å². The summed E-state index contributed by atoms with van der Waals surface area (Å²) in [5.74, 6) is 0.133. The fourth-order valence-corrected chi connectivity index (χ4v) is 6.01. The van der Waals surface area contributed by atoms with Crippen molar-refractivity contribution in [3.8, 4) is 17.1 Å². The SMILES string of the molecule is CCN(C(=O)CSc1nnc(-c2ccc(C(C)(C)C)cc2)n1-c1ccc(Br)cc1)c1c(N)n(Cc2ccccc2)c(=O)[nH]c1=O. The van der Waals surface area contributed by atoms with Crippen LogP contribution in [0.4, 0.5) is 11.5 Å². The first kappa shape index (κ1) is 32.0. The second-order valence-corrected chi connectivity index (χ2v) is 13.3. The van der Waals surface area contributed by atoms with Gasteiger partial charge in [0.15, 0.2) is 16.7 Å². The number of nitrogens with two attached hydrogens (primary N) is 1. The third-order valence-corrected chi connectivity index (χ3v) is 8.78. The zero-order chi connectivity index (χ0) is 32.3. The Morgan fingerprint density at radius 3 is 2.27 bits per heavy atom. The molecule has 232 valence electrons. The summed E-state index contributed by atoms with van der Waals surface area (Å²) < 4.78 is 4.10. The summed E-state index contributed by atoms with van der Waals surface area (Å²) in [6.07, 6.45) is 0. The average Bonchev–Trinajstić information content (AvgIpc) is 3.44. The smallest absolute Gasteiger partial charge is 0.330 e. The summed E-state index contributed by atoms with van der Waals surface area (Å²) in [5, 5.41) is 9.47. The van der Waals surface area contributed by atoms with Gasteiger partial charge < -0.3 is 10.6 Å². The van der Waals surface area contributed by atoms with Gasteiger partial charge in [-0.15, -0.1) is 10.2 Å². The number of aromatic amines is 1. The van der Waals surface area contributed by atoms with Crippen molar-refractivity contribution in [1.29, 1.82) is 0 Å². The number of hydrogen-bond donors (Lipinski definition) is 2.